The summed E-state index contributed by atoms with van der Waals surface area (Å²) in [6.45, 7) is 0. The predicted octanol–water partition coefficient (Wildman–Crippen LogP) is 1.99. The molecule has 0 bridgehead atoms. The van der Waals surface area contributed by atoms with Crippen molar-refractivity contribution >= 4 is 35.4 Å². The minimum atomic E-state index is -1.06. The number of carbonyl (C=O) groups is 2. The number of aromatic amines is 1. The molecule has 0 aliphatic rings. The molecule has 1 aromatic carbocycles. The van der Waals surface area contributed by atoms with Crippen LogP contribution in [0.2, 0.25) is 0 Å². The van der Waals surface area contributed by atoms with Gasteiger partial charge in [-0.2, -0.15) is 12.6 Å². The molecule has 3 N–H and O–H groups in total. The van der Waals surface area contributed by atoms with Crippen molar-refractivity contribution in [1.29, 1.82) is 0 Å². The Kier molecular flexibility index (Phi) is 5.27. The first-order valence-corrected chi connectivity index (χ1v) is 7.43. The zero-order valence-electron chi connectivity index (χ0n) is 11.5. The SMILES string of the molecule is O=C(CCCc1c[nH]c2ccccc12)NC(CS)C(=O)O. The highest BCUT2D eigenvalue weighted by molar-refractivity contribution is 7.80. The average Bonchev–Trinajstić information content (AvgIpc) is 2.88. The molecule has 1 amide bonds. The minimum Gasteiger partial charge on any atom is -0.480 e. The van der Waals surface area contributed by atoms with Gasteiger partial charge in [-0.3, -0.25) is 4.79 Å². The van der Waals surface area contributed by atoms with Crippen molar-refractivity contribution in [2.24, 2.45) is 0 Å². The third kappa shape index (κ3) is 4.01. The zero-order chi connectivity index (χ0) is 15.2. The number of nitrogens with one attached hydrogen (secondary N) is 2. The van der Waals surface area contributed by atoms with Gasteiger partial charge in [0.25, 0.3) is 0 Å². The van der Waals surface area contributed by atoms with E-state index in [1.165, 1.54) is 5.56 Å². The third-order valence-electron chi connectivity index (χ3n) is 3.34. The first-order valence-electron chi connectivity index (χ1n) is 6.80. The van der Waals surface area contributed by atoms with Crippen molar-refractivity contribution in [3.63, 3.8) is 0 Å². The number of H-pyrrole nitrogens is 1. The Labute approximate surface area is 128 Å². The second kappa shape index (κ2) is 7.17. The summed E-state index contributed by atoms with van der Waals surface area (Å²) in [6.07, 6.45) is 3.70. The number of aliphatic carboxylic acids is 1. The number of carboxylic acids is 1. The van der Waals surface area contributed by atoms with Crippen molar-refractivity contribution in [3.05, 3.63) is 36.0 Å². The number of amides is 1. The lowest BCUT2D eigenvalue weighted by Gasteiger charge is -2.11. The zero-order valence-corrected chi connectivity index (χ0v) is 12.4. The van der Waals surface area contributed by atoms with Gasteiger partial charge >= 0.3 is 5.97 Å². The maximum absolute atomic E-state index is 11.7. The fourth-order valence-electron chi connectivity index (χ4n) is 2.23. The Hall–Kier alpha value is -1.95. The van der Waals surface area contributed by atoms with Gasteiger partial charge in [-0.05, 0) is 24.5 Å². The van der Waals surface area contributed by atoms with Crippen molar-refractivity contribution in [2.75, 3.05) is 5.75 Å². The first-order chi connectivity index (χ1) is 10.1. The van der Waals surface area contributed by atoms with Crippen molar-refractivity contribution < 1.29 is 14.7 Å². The largest absolute Gasteiger partial charge is 0.480 e. The van der Waals surface area contributed by atoms with Crippen LogP contribution in [-0.4, -0.2) is 33.8 Å². The molecule has 1 heterocycles. The normalized spacial score (nSPS) is 12.2. The van der Waals surface area contributed by atoms with Crippen molar-refractivity contribution in [1.82, 2.24) is 10.3 Å². The molecular formula is C15H18N2O3S. The number of hydrogen-bond acceptors (Lipinski definition) is 3. The van der Waals surface area contributed by atoms with Gasteiger partial charge in [0.2, 0.25) is 5.91 Å². The fraction of sp³-hybridized carbons (Fsp3) is 0.333. The number of rotatable bonds is 7. The van der Waals surface area contributed by atoms with E-state index in [-0.39, 0.29) is 11.7 Å². The summed E-state index contributed by atoms with van der Waals surface area (Å²) in [5.41, 5.74) is 2.25. The van der Waals surface area contributed by atoms with E-state index >= 15 is 0 Å². The summed E-state index contributed by atoms with van der Waals surface area (Å²) in [7, 11) is 0. The summed E-state index contributed by atoms with van der Waals surface area (Å²) in [4.78, 5) is 25.7. The maximum atomic E-state index is 11.7. The number of aryl methyl sites for hydroxylation is 1. The maximum Gasteiger partial charge on any atom is 0.327 e. The second-order valence-corrected chi connectivity index (χ2v) is 5.22. The van der Waals surface area contributed by atoms with E-state index in [9.17, 15) is 9.59 Å². The lowest BCUT2D eigenvalue weighted by molar-refractivity contribution is -0.141. The first kappa shape index (κ1) is 15.4. The molecule has 0 aliphatic heterocycles. The number of para-hydroxylation sites is 1. The van der Waals surface area contributed by atoms with Crippen LogP contribution >= 0.6 is 12.6 Å². The van der Waals surface area contributed by atoms with E-state index in [0.29, 0.717) is 12.8 Å². The molecule has 0 saturated heterocycles. The molecule has 1 atom stereocenters. The molecule has 6 heteroatoms. The Bertz CT molecular complexity index is 639. The van der Waals surface area contributed by atoms with Crippen LogP contribution in [0.4, 0.5) is 0 Å². The Morgan fingerprint density at radius 2 is 2.10 bits per heavy atom. The number of fused-ring (bicyclic) bond motifs is 1. The third-order valence-corrected chi connectivity index (χ3v) is 3.71. The molecule has 0 radical (unpaired) electrons. The van der Waals surface area contributed by atoms with E-state index < -0.39 is 12.0 Å². The van der Waals surface area contributed by atoms with E-state index in [1.54, 1.807) is 0 Å². The summed E-state index contributed by atoms with van der Waals surface area (Å²) in [6, 6.07) is 7.09. The molecular weight excluding hydrogens is 288 g/mol. The fourth-order valence-corrected chi connectivity index (χ4v) is 2.48. The molecule has 0 spiro atoms. The van der Waals surface area contributed by atoms with Gasteiger partial charge in [0.1, 0.15) is 6.04 Å². The van der Waals surface area contributed by atoms with Crippen LogP contribution in [-0.2, 0) is 16.0 Å². The van der Waals surface area contributed by atoms with Crippen LogP contribution < -0.4 is 5.32 Å². The van der Waals surface area contributed by atoms with Crippen LogP contribution in [0.5, 0.6) is 0 Å². The van der Waals surface area contributed by atoms with Crippen LogP contribution in [0.1, 0.15) is 18.4 Å². The van der Waals surface area contributed by atoms with Crippen LogP contribution in [0.25, 0.3) is 10.9 Å². The highest BCUT2D eigenvalue weighted by Gasteiger charge is 2.17. The van der Waals surface area contributed by atoms with Gasteiger partial charge in [-0.25, -0.2) is 4.79 Å². The van der Waals surface area contributed by atoms with Crippen LogP contribution in [0.15, 0.2) is 30.5 Å². The Morgan fingerprint density at radius 1 is 1.33 bits per heavy atom. The summed E-state index contributed by atoms with van der Waals surface area (Å²) in [5.74, 6) is -1.23. The van der Waals surface area contributed by atoms with Gasteiger partial charge in [0.15, 0.2) is 0 Å². The molecule has 21 heavy (non-hydrogen) atoms. The number of carboxylic acid groups (broad SMARTS) is 1. The van der Waals surface area contributed by atoms with Gasteiger partial charge in [-0.1, -0.05) is 18.2 Å². The standard InChI is InChI=1S/C15H18N2O3S/c18-14(17-13(9-21)15(19)20)7-3-4-10-8-16-12-6-2-1-5-11(10)12/h1-2,5-6,8,13,16,21H,3-4,7,9H2,(H,17,18)(H,19,20). The van der Waals surface area contributed by atoms with E-state index in [2.05, 4.69) is 22.9 Å². The van der Waals surface area contributed by atoms with Gasteiger partial charge < -0.3 is 15.4 Å². The number of thiol groups is 1. The lowest BCUT2D eigenvalue weighted by atomic mass is 10.1. The van der Waals surface area contributed by atoms with E-state index in [4.69, 9.17) is 5.11 Å². The van der Waals surface area contributed by atoms with Gasteiger partial charge in [0.05, 0.1) is 0 Å². The molecule has 0 fully saturated rings. The number of carbonyl (C=O) groups excluding carboxylic acids is 1. The number of aromatic nitrogens is 1. The quantitative estimate of drug-likeness (QED) is 0.590. The number of hydrogen-bond donors (Lipinski definition) is 4. The van der Waals surface area contributed by atoms with E-state index in [0.717, 1.165) is 17.3 Å². The highest BCUT2D eigenvalue weighted by atomic mass is 32.1. The summed E-state index contributed by atoms with van der Waals surface area (Å²) in [5, 5.41) is 12.5. The molecule has 0 saturated carbocycles. The topological polar surface area (TPSA) is 82.2 Å². The van der Waals surface area contributed by atoms with Crippen molar-refractivity contribution in [2.45, 2.75) is 25.3 Å². The molecule has 0 aliphatic carbocycles. The van der Waals surface area contributed by atoms with Crippen molar-refractivity contribution in [3.8, 4) is 0 Å². The molecule has 2 rings (SSSR count). The van der Waals surface area contributed by atoms with Crippen LogP contribution in [0.3, 0.4) is 0 Å². The highest BCUT2D eigenvalue weighted by Crippen LogP contribution is 2.19. The summed E-state index contributed by atoms with van der Waals surface area (Å²) >= 11 is 3.91. The van der Waals surface area contributed by atoms with Gasteiger partial charge in [-0.15, -0.1) is 0 Å². The second-order valence-electron chi connectivity index (χ2n) is 4.85. The van der Waals surface area contributed by atoms with E-state index in [1.807, 2.05) is 30.5 Å². The lowest BCUT2D eigenvalue weighted by Crippen LogP contribution is -2.42. The number of benzene rings is 1. The smallest absolute Gasteiger partial charge is 0.327 e. The predicted molar refractivity (Wildman–Crippen MR) is 84.7 cm³/mol. The Morgan fingerprint density at radius 3 is 2.81 bits per heavy atom. The van der Waals surface area contributed by atoms with Crippen LogP contribution in [0, 0.1) is 0 Å². The monoisotopic (exact) mass is 306 g/mol. The molecule has 5 nitrogen and oxygen atoms in total. The molecule has 1 unspecified atom stereocenters. The molecule has 112 valence electrons. The van der Waals surface area contributed by atoms with Gasteiger partial charge in [0, 0.05) is 29.3 Å². The average molecular weight is 306 g/mol. The summed E-state index contributed by atoms with van der Waals surface area (Å²) < 4.78 is 0. The Balaban J connectivity index is 1.84. The molecule has 1 aromatic heterocycles. The minimum absolute atomic E-state index is 0.0868. The molecule has 2 aromatic rings.